The Kier molecular flexibility index (Phi) is 3.72. The molecule has 0 fully saturated rings. The number of hydrogen-bond donors (Lipinski definition) is 1. The van der Waals surface area contributed by atoms with E-state index in [1.54, 1.807) is 12.1 Å². The van der Waals surface area contributed by atoms with Crippen molar-refractivity contribution in [2.45, 2.75) is 0 Å². The standard InChI is InChI=1S/C12H10N12O3/c1-22-11(18-20-21-22)14-9(25)8-10(26)15-12-23(19-8)5-13-24(12)6-3-4-7(27-2)17-16-6/h3-5H,1-2H3,(H,14,18,21,25). The third-order valence-electron chi connectivity index (χ3n) is 3.40. The first-order valence-electron chi connectivity index (χ1n) is 7.33. The van der Waals surface area contributed by atoms with Crippen LogP contribution in [0.4, 0.5) is 5.95 Å². The fourth-order valence-corrected chi connectivity index (χ4v) is 2.10. The molecule has 0 aliphatic rings. The average molecular weight is 370 g/mol. The Labute approximate surface area is 148 Å². The van der Waals surface area contributed by atoms with Crippen LogP contribution in [0.15, 0.2) is 23.3 Å². The summed E-state index contributed by atoms with van der Waals surface area (Å²) in [7, 11) is 2.99. The van der Waals surface area contributed by atoms with Gasteiger partial charge >= 0.3 is 5.56 Å². The van der Waals surface area contributed by atoms with Crippen LogP contribution in [0.1, 0.15) is 10.5 Å². The number of anilines is 1. The second-order valence-electron chi connectivity index (χ2n) is 5.07. The summed E-state index contributed by atoms with van der Waals surface area (Å²) < 4.78 is 8.57. The summed E-state index contributed by atoms with van der Waals surface area (Å²) in [5, 5.41) is 28.7. The fourth-order valence-electron chi connectivity index (χ4n) is 2.10. The van der Waals surface area contributed by atoms with Crippen LogP contribution in [0.25, 0.3) is 11.6 Å². The molecule has 0 atom stereocenters. The van der Waals surface area contributed by atoms with Crippen LogP contribution >= 0.6 is 0 Å². The Balaban J connectivity index is 1.71. The number of ether oxygens (including phenoxy) is 1. The zero-order chi connectivity index (χ0) is 19.0. The van der Waals surface area contributed by atoms with Crippen molar-refractivity contribution in [1.29, 1.82) is 0 Å². The van der Waals surface area contributed by atoms with Crippen molar-refractivity contribution in [3.63, 3.8) is 0 Å². The van der Waals surface area contributed by atoms with Gasteiger partial charge in [0.25, 0.3) is 11.7 Å². The third kappa shape index (κ3) is 2.81. The van der Waals surface area contributed by atoms with E-state index in [-0.39, 0.29) is 17.5 Å². The first-order chi connectivity index (χ1) is 13.1. The lowest BCUT2D eigenvalue weighted by Crippen LogP contribution is -2.28. The van der Waals surface area contributed by atoms with Gasteiger partial charge in [0.15, 0.2) is 5.82 Å². The number of carbonyl (C=O) groups is 1. The van der Waals surface area contributed by atoms with Crippen molar-refractivity contribution in [2.24, 2.45) is 7.05 Å². The summed E-state index contributed by atoms with van der Waals surface area (Å²) in [6, 6.07) is 3.15. The second kappa shape index (κ2) is 6.21. The number of rotatable bonds is 4. The minimum absolute atomic E-state index is 0.0514. The van der Waals surface area contributed by atoms with Gasteiger partial charge in [-0.15, -0.1) is 10.2 Å². The maximum atomic E-state index is 12.3. The predicted molar refractivity (Wildman–Crippen MR) is 85.3 cm³/mol. The molecule has 0 aliphatic heterocycles. The summed E-state index contributed by atoms with van der Waals surface area (Å²) in [6.45, 7) is 0. The molecular weight excluding hydrogens is 360 g/mol. The van der Waals surface area contributed by atoms with E-state index in [1.807, 2.05) is 0 Å². The molecule has 0 saturated carbocycles. The maximum Gasteiger partial charge on any atom is 0.306 e. The SMILES string of the molecule is COc1ccc(-n2ncn3nc(C(=O)Nc4nnnn4C)c(=O)nc23)nn1. The van der Waals surface area contributed by atoms with Gasteiger partial charge < -0.3 is 4.74 Å². The molecule has 0 radical (unpaired) electrons. The van der Waals surface area contributed by atoms with Crippen LogP contribution in [0.2, 0.25) is 0 Å². The van der Waals surface area contributed by atoms with Crippen LogP contribution in [-0.4, -0.2) is 67.8 Å². The highest BCUT2D eigenvalue weighted by Crippen LogP contribution is 2.09. The number of nitrogens with one attached hydrogen (secondary N) is 1. The number of nitrogens with zero attached hydrogens (tertiary/aromatic N) is 11. The number of hydrogen-bond acceptors (Lipinski definition) is 11. The van der Waals surface area contributed by atoms with Crippen LogP contribution in [0.3, 0.4) is 0 Å². The molecule has 0 aromatic carbocycles. The lowest BCUT2D eigenvalue weighted by Gasteiger charge is -2.03. The molecule has 4 aromatic rings. The monoisotopic (exact) mass is 370 g/mol. The summed E-state index contributed by atoms with van der Waals surface area (Å²) in [5.41, 5.74) is -1.30. The van der Waals surface area contributed by atoms with Gasteiger partial charge in [-0.1, -0.05) is 5.10 Å². The Morgan fingerprint density at radius 1 is 1.22 bits per heavy atom. The Morgan fingerprint density at radius 2 is 2.07 bits per heavy atom. The lowest BCUT2D eigenvalue weighted by atomic mass is 10.4. The topological polar surface area (TPSA) is 173 Å². The van der Waals surface area contributed by atoms with Gasteiger partial charge in [-0.2, -0.15) is 24.4 Å². The Morgan fingerprint density at radius 3 is 2.74 bits per heavy atom. The molecule has 0 saturated heterocycles. The highest BCUT2D eigenvalue weighted by Gasteiger charge is 2.19. The highest BCUT2D eigenvalue weighted by molar-refractivity contribution is 6.01. The smallest absolute Gasteiger partial charge is 0.306 e. The molecule has 4 rings (SSSR count). The van der Waals surface area contributed by atoms with E-state index in [0.717, 1.165) is 4.52 Å². The molecule has 0 unspecified atom stereocenters. The summed E-state index contributed by atoms with van der Waals surface area (Å²) in [4.78, 5) is 28.4. The largest absolute Gasteiger partial charge is 0.480 e. The normalized spacial score (nSPS) is 10.9. The van der Waals surface area contributed by atoms with E-state index in [1.165, 1.54) is 29.8 Å². The van der Waals surface area contributed by atoms with Crippen molar-refractivity contribution < 1.29 is 9.53 Å². The van der Waals surface area contributed by atoms with Gasteiger partial charge in [0.05, 0.1) is 7.11 Å². The average Bonchev–Trinajstić information content (AvgIpc) is 3.27. The molecular formula is C12H10N12O3. The predicted octanol–water partition coefficient (Wildman–Crippen LogP) is -2.15. The molecule has 0 aliphatic carbocycles. The highest BCUT2D eigenvalue weighted by atomic mass is 16.5. The zero-order valence-electron chi connectivity index (χ0n) is 13.9. The Bertz CT molecular complexity index is 1190. The summed E-state index contributed by atoms with van der Waals surface area (Å²) in [6.07, 6.45) is 1.27. The number of carbonyl (C=O) groups excluding carboxylic acids is 1. The molecule has 1 N–H and O–H groups in total. The molecule has 4 heterocycles. The maximum absolute atomic E-state index is 12.3. The first-order valence-corrected chi connectivity index (χ1v) is 7.33. The van der Waals surface area contributed by atoms with Crippen molar-refractivity contribution in [3.8, 4) is 11.7 Å². The van der Waals surface area contributed by atoms with E-state index in [2.05, 4.69) is 46.2 Å². The number of aryl methyl sites for hydroxylation is 1. The van der Waals surface area contributed by atoms with Gasteiger partial charge in [-0.05, 0) is 16.5 Å². The summed E-state index contributed by atoms with van der Waals surface area (Å²) in [5.74, 6) is -0.103. The van der Waals surface area contributed by atoms with Crippen molar-refractivity contribution in [1.82, 2.24) is 54.8 Å². The molecule has 0 spiro atoms. The van der Waals surface area contributed by atoms with Crippen molar-refractivity contribution in [3.05, 3.63) is 34.5 Å². The van der Waals surface area contributed by atoms with Crippen LogP contribution in [-0.2, 0) is 7.05 Å². The quantitative estimate of drug-likeness (QED) is 0.415. The van der Waals surface area contributed by atoms with E-state index in [4.69, 9.17) is 4.74 Å². The third-order valence-corrected chi connectivity index (χ3v) is 3.40. The number of aromatic nitrogens is 11. The lowest BCUT2D eigenvalue weighted by molar-refractivity contribution is 0.101. The molecule has 4 aromatic heterocycles. The molecule has 15 nitrogen and oxygen atoms in total. The van der Waals surface area contributed by atoms with Gasteiger partial charge in [0.1, 0.15) is 6.33 Å². The number of methoxy groups -OCH3 is 1. The van der Waals surface area contributed by atoms with Crippen LogP contribution in [0, 0.1) is 0 Å². The van der Waals surface area contributed by atoms with E-state index in [0.29, 0.717) is 5.88 Å². The number of tetrazole rings is 1. The van der Waals surface area contributed by atoms with Gasteiger partial charge in [0.2, 0.25) is 17.5 Å². The molecule has 136 valence electrons. The summed E-state index contributed by atoms with van der Waals surface area (Å²) >= 11 is 0. The van der Waals surface area contributed by atoms with Crippen molar-refractivity contribution >= 4 is 17.6 Å². The van der Waals surface area contributed by atoms with Crippen LogP contribution in [0.5, 0.6) is 5.88 Å². The van der Waals surface area contributed by atoms with Gasteiger partial charge in [-0.25, -0.2) is 4.68 Å². The number of amides is 1. The first kappa shape index (κ1) is 16.2. The molecule has 1 amide bonds. The Hall–Kier alpha value is -4.30. The van der Waals surface area contributed by atoms with Crippen LogP contribution < -0.4 is 15.6 Å². The second-order valence-corrected chi connectivity index (χ2v) is 5.07. The van der Waals surface area contributed by atoms with Crippen molar-refractivity contribution in [2.75, 3.05) is 12.4 Å². The molecule has 0 bridgehead atoms. The molecule has 27 heavy (non-hydrogen) atoms. The van der Waals surface area contributed by atoms with E-state index >= 15 is 0 Å². The van der Waals surface area contributed by atoms with Gasteiger partial charge in [0, 0.05) is 13.1 Å². The number of fused-ring (bicyclic) bond motifs is 1. The minimum Gasteiger partial charge on any atom is -0.480 e. The fraction of sp³-hybridized carbons (Fsp3) is 0.167. The molecule has 15 heteroatoms. The minimum atomic E-state index is -0.856. The zero-order valence-corrected chi connectivity index (χ0v) is 13.9. The van der Waals surface area contributed by atoms with E-state index in [9.17, 15) is 9.59 Å². The van der Waals surface area contributed by atoms with E-state index < -0.39 is 17.2 Å². The van der Waals surface area contributed by atoms with Gasteiger partial charge in [-0.3, -0.25) is 14.9 Å².